The Morgan fingerprint density at radius 2 is 1.93 bits per heavy atom. The van der Waals surface area contributed by atoms with E-state index >= 15 is 0 Å². The van der Waals surface area contributed by atoms with Crippen LogP contribution in [-0.4, -0.2) is 80.7 Å². The van der Waals surface area contributed by atoms with Crippen molar-refractivity contribution in [2.45, 2.75) is 26.8 Å². The van der Waals surface area contributed by atoms with Gasteiger partial charge in [-0.3, -0.25) is 9.69 Å². The van der Waals surface area contributed by atoms with Crippen LogP contribution in [0.2, 0.25) is 0 Å². The molecule has 0 unspecified atom stereocenters. The predicted octanol–water partition coefficient (Wildman–Crippen LogP) is 1.31. The van der Waals surface area contributed by atoms with Crippen LogP contribution in [0.5, 0.6) is 0 Å². The van der Waals surface area contributed by atoms with Gasteiger partial charge in [-0.2, -0.15) is 0 Å². The summed E-state index contributed by atoms with van der Waals surface area (Å²) in [6.45, 7) is 11.8. The van der Waals surface area contributed by atoms with E-state index in [1.807, 2.05) is 49.1 Å². The van der Waals surface area contributed by atoms with Crippen LogP contribution in [0.1, 0.15) is 25.8 Å². The van der Waals surface area contributed by atoms with Crippen molar-refractivity contribution in [2.24, 2.45) is 4.99 Å². The van der Waals surface area contributed by atoms with Gasteiger partial charge in [0.2, 0.25) is 5.91 Å². The van der Waals surface area contributed by atoms with E-state index in [-0.39, 0.29) is 12.5 Å². The molecule has 7 nitrogen and oxygen atoms in total. The van der Waals surface area contributed by atoms with Crippen molar-refractivity contribution in [2.75, 3.05) is 59.0 Å². The fourth-order valence-electron chi connectivity index (χ4n) is 3.10. The molecule has 0 atom stereocenters. The van der Waals surface area contributed by atoms with Crippen LogP contribution in [-0.2, 0) is 16.1 Å². The van der Waals surface area contributed by atoms with Crippen molar-refractivity contribution >= 4 is 11.9 Å². The lowest BCUT2D eigenvalue weighted by Gasteiger charge is -2.26. The summed E-state index contributed by atoms with van der Waals surface area (Å²) in [5.41, 5.74) is 1.13. The molecule has 156 valence electrons. The number of benzene rings is 1. The third-order valence-corrected chi connectivity index (χ3v) is 4.71. The number of guanidine groups is 1. The molecule has 1 aromatic carbocycles. The van der Waals surface area contributed by atoms with Gasteiger partial charge in [-0.1, -0.05) is 30.3 Å². The smallest absolute Gasteiger partial charge is 0.244 e. The SMILES string of the molecule is CCNC(=NCC(=O)N(CC)Cc1ccccc1)NCCCN1CCOCC1. The number of nitrogens with one attached hydrogen (secondary N) is 2. The van der Waals surface area contributed by atoms with Crippen molar-refractivity contribution in [1.29, 1.82) is 0 Å². The van der Waals surface area contributed by atoms with Crippen LogP contribution < -0.4 is 10.6 Å². The van der Waals surface area contributed by atoms with Gasteiger partial charge in [0.1, 0.15) is 6.54 Å². The maximum absolute atomic E-state index is 12.6. The van der Waals surface area contributed by atoms with Gasteiger partial charge in [-0.15, -0.1) is 0 Å². The van der Waals surface area contributed by atoms with Crippen LogP contribution in [0.4, 0.5) is 0 Å². The zero-order valence-electron chi connectivity index (χ0n) is 17.3. The second-order valence-corrected chi connectivity index (χ2v) is 6.82. The molecule has 1 aromatic rings. The number of hydrogen-bond donors (Lipinski definition) is 2. The normalized spacial score (nSPS) is 15.3. The lowest BCUT2D eigenvalue weighted by atomic mass is 10.2. The first-order valence-electron chi connectivity index (χ1n) is 10.4. The first kappa shape index (κ1) is 22.2. The maximum Gasteiger partial charge on any atom is 0.244 e. The number of morpholine rings is 1. The molecule has 28 heavy (non-hydrogen) atoms. The molecule has 1 saturated heterocycles. The molecule has 1 heterocycles. The Bertz CT molecular complexity index is 588. The lowest BCUT2D eigenvalue weighted by molar-refractivity contribution is -0.130. The Kier molecular flexibility index (Phi) is 10.4. The molecule has 0 aliphatic carbocycles. The molecule has 1 amide bonds. The van der Waals surface area contributed by atoms with Gasteiger partial charge >= 0.3 is 0 Å². The number of amides is 1. The third-order valence-electron chi connectivity index (χ3n) is 4.71. The number of likely N-dealkylation sites (N-methyl/N-ethyl adjacent to an activating group) is 1. The molecule has 7 heteroatoms. The van der Waals surface area contributed by atoms with E-state index < -0.39 is 0 Å². The number of ether oxygens (including phenoxy) is 1. The number of carbonyl (C=O) groups excluding carboxylic acids is 1. The second-order valence-electron chi connectivity index (χ2n) is 6.82. The highest BCUT2D eigenvalue weighted by atomic mass is 16.5. The van der Waals surface area contributed by atoms with E-state index in [2.05, 4.69) is 20.5 Å². The molecular formula is C21H35N5O2. The first-order valence-corrected chi connectivity index (χ1v) is 10.4. The van der Waals surface area contributed by atoms with E-state index in [0.717, 1.165) is 57.9 Å². The number of rotatable bonds is 10. The zero-order chi connectivity index (χ0) is 20.0. The molecule has 0 spiro atoms. The minimum absolute atomic E-state index is 0.0388. The van der Waals surface area contributed by atoms with E-state index in [9.17, 15) is 4.79 Å². The largest absolute Gasteiger partial charge is 0.379 e. The monoisotopic (exact) mass is 389 g/mol. The summed E-state index contributed by atoms with van der Waals surface area (Å²) in [7, 11) is 0. The van der Waals surface area contributed by atoms with Gasteiger partial charge < -0.3 is 20.3 Å². The summed E-state index contributed by atoms with van der Waals surface area (Å²) in [5, 5.41) is 6.55. The Hall–Kier alpha value is -2.12. The summed E-state index contributed by atoms with van der Waals surface area (Å²) in [5.74, 6) is 0.741. The number of carbonyl (C=O) groups is 1. The molecule has 1 aliphatic heterocycles. The Morgan fingerprint density at radius 3 is 2.61 bits per heavy atom. The van der Waals surface area contributed by atoms with E-state index in [4.69, 9.17) is 4.74 Å². The van der Waals surface area contributed by atoms with E-state index in [0.29, 0.717) is 19.0 Å². The quantitative estimate of drug-likeness (QED) is 0.359. The summed E-state index contributed by atoms with van der Waals surface area (Å²) in [6, 6.07) is 10.1. The van der Waals surface area contributed by atoms with Gasteiger partial charge in [-0.25, -0.2) is 4.99 Å². The van der Waals surface area contributed by atoms with E-state index in [1.165, 1.54) is 0 Å². The Labute approximate surface area is 169 Å². The average molecular weight is 390 g/mol. The fraction of sp³-hybridized carbons (Fsp3) is 0.619. The van der Waals surface area contributed by atoms with Crippen molar-refractivity contribution in [3.05, 3.63) is 35.9 Å². The predicted molar refractivity (Wildman–Crippen MR) is 113 cm³/mol. The summed E-state index contributed by atoms with van der Waals surface area (Å²) >= 11 is 0. The van der Waals surface area contributed by atoms with Crippen LogP contribution in [0.15, 0.2) is 35.3 Å². The number of aliphatic imine (C=N–C) groups is 1. The molecule has 0 bridgehead atoms. The summed E-state index contributed by atoms with van der Waals surface area (Å²) < 4.78 is 5.37. The van der Waals surface area contributed by atoms with Gasteiger partial charge in [0.25, 0.3) is 0 Å². The highest BCUT2D eigenvalue weighted by Crippen LogP contribution is 2.04. The van der Waals surface area contributed by atoms with Crippen LogP contribution >= 0.6 is 0 Å². The first-order chi connectivity index (χ1) is 13.7. The molecule has 2 N–H and O–H groups in total. The Morgan fingerprint density at radius 1 is 1.18 bits per heavy atom. The van der Waals surface area contributed by atoms with Crippen molar-refractivity contribution < 1.29 is 9.53 Å². The number of nitrogens with zero attached hydrogens (tertiary/aromatic N) is 3. The molecule has 2 rings (SSSR count). The minimum Gasteiger partial charge on any atom is -0.379 e. The fourth-order valence-corrected chi connectivity index (χ4v) is 3.10. The lowest BCUT2D eigenvalue weighted by Crippen LogP contribution is -2.41. The molecule has 1 fully saturated rings. The average Bonchev–Trinajstić information content (AvgIpc) is 2.74. The van der Waals surface area contributed by atoms with Gasteiger partial charge in [0, 0.05) is 39.3 Å². The standard InChI is InChI=1S/C21H35N5O2/c1-3-22-21(23-11-8-12-25-13-15-28-16-14-25)24-17-20(27)26(4-2)18-19-9-6-5-7-10-19/h5-7,9-10H,3-4,8,11-18H2,1-2H3,(H2,22,23,24). The number of hydrogen-bond acceptors (Lipinski definition) is 4. The van der Waals surface area contributed by atoms with Crippen LogP contribution in [0.25, 0.3) is 0 Å². The van der Waals surface area contributed by atoms with Crippen LogP contribution in [0, 0.1) is 0 Å². The van der Waals surface area contributed by atoms with Crippen LogP contribution in [0.3, 0.4) is 0 Å². The molecular weight excluding hydrogens is 354 g/mol. The van der Waals surface area contributed by atoms with E-state index in [1.54, 1.807) is 0 Å². The second kappa shape index (κ2) is 13.1. The van der Waals surface area contributed by atoms with Gasteiger partial charge in [-0.05, 0) is 32.4 Å². The Balaban J connectivity index is 1.76. The molecule has 0 radical (unpaired) electrons. The summed E-state index contributed by atoms with van der Waals surface area (Å²) in [4.78, 5) is 21.3. The van der Waals surface area contributed by atoms with Gasteiger partial charge in [0.15, 0.2) is 5.96 Å². The van der Waals surface area contributed by atoms with Crippen molar-refractivity contribution in [3.8, 4) is 0 Å². The molecule has 1 aliphatic rings. The maximum atomic E-state index is 12.6. The summed E-state index contributed by atoms with van der Waals surface area (Å²) in [6.07, 6.45) is 1.04. The topological polar surface area (TPSA) is 69.2 Å². The molecule has 0 saturated carbocycles. The van der Waals surface area contributed by atoms with Gasteiger partial charge in [0.05, 0.1) is 13.2 Å². The minimum atomic E-state index is 0.0388. The van der Waals surface area contributed by atoms with Crippen molar-refractivity contribution in [3.63, 3.8) is 0 Å². The molecule has 0 aromatic heterocycles. The zero-order valence-corrected chi connectivity index (χ0v) is 17.3. The van der Waals surface area contributed by atoms with Crippen molar-refractivity contribution in [1.82, 2.24) is 20.4 Å². The highest BCUT2D eigenvalue weighted by Gasteiger charge is 2.12. The highest BCUT2D eigenvalue weighted by molar-refractivity contribution is 5.84. The third kappa shape index (κ3) is 8.27.